The van der Waals surface area contributed by atoms with E-state index in [4.69, 9.17) is 20.9 Å². The minimum Gasteiger partial charge on any atom is -0.501 e. The molecule has 3 aromatic rings. The summed E-state index contributed by atoms with van der Waals surface area (Å²) in [7, 11) is -1.42. The molecule has 114 valence electrons. The number of halogens is 1. The monoisotopic (exact) mass is 324 g/mol. The topological polar surface area (TPSA) is 38.7 Å². The van der Waals surface area contributed by atoms with Crippen LogP contribution in [0.5, 0.6) is 11.5 Å². The third-order valence-corrected chi connectivity index (χ3v) is 3.50. The molecule has 0 heterocycles. The van der Waals surface area contributed by atoms with Gasteiger partial charge in [0.15, 0.2) is 0 Å². The van der Waals surface area contributed by atoms with Gasteiger partial charge in [0, 0.05) is 10.6 Å². The Kier molecular flexibility index (Phi) is 4.86. The minimum atomic E-state index is -1.42. The van der Waals surface area contributed by atoms with Gasteiger partial charge in [-0.25, -0.2) is 0 Å². The smallest absolute Gasteiger partial charge is 0.501 e. The van der Waals surface area contributed by atoms with Gasteiger partial charge in [-0.1, -0.05) is 60.1 Å². The Morgan fingerprint density at radius 2 is 1.39 bits per heavy atom. The first-order valence-electron chi connectivity index (χ1n) is 7.14. The Balaban J connectivity index is 1.76. The van der Waals surface area contributed by atoms with Gasteiger partial charge in [-0.05, 0) is 35.9 Å². The maximum atomic E-state index is 10.0. The van der Waals surface area contributed by atoms with E-state index in [-0.39, 0.29) is 0 Å². The fourth-order valence-electron chi connectivity index (χ4n) is 2.19. The van der Waals surface area contributed by atoms with Gasteiger partial charge in [-0.15, -0.1) is 0 Å². The van der Waals surface area contributed by atoms with E-state index in [1.165, 1.54) is 0 Å². The number of benzene rings is 3. The summed E-state index contributed by atoms with van der Waals surface area (Å²) in [6.45, 7) is 0. The summed E-state index contributed by atoms with van der Waals surface area (Å²) < 4.78 is 10.9. The van der Waals surface area contributed by atoms with Crippen LogP contribution < -0.4 is 9.31 Å². The van der Waals surface area contributed by atoms with Crippen molar-refractivity contribution >= 4 is 18.9 Å². The first-order valence-corrected chi connectivity index (χ1v) is 7.51. The highest BCUT2D eigenvalue weighted by Crippen LogP contribution is 2.30. The predicted octanol–water partition coefficient (Wildman–Crippen LogP) is 4.44. The average Bonchev–Trinajstić information content (AvgIpc) is 2.58. The van der Waals surface area contributed by atoms with Gasteiger partial charge >= 0.3 is 7.32 Å². The normalized spacial score (nSPS) is 10.2. The zero-order valence-electron chi connectivity index (χ0n) is 12.2. The van der Waals surface area contributed by atoms with Crippen LogP contribution in [0.15, 0.2) is 78.9 Å². The predicted molar refractivity (Wildman–Crippen MR) is 92.6 cm³/mol. The lowest BCUT2D eigenvalue weighted by Gasteiger charge is -2.14. The summed E-state index contributed by atoms with van der Waals surface area (Å²) in [5, 5.41) is 10.6. The minimum absolute atomic E-state index is 0.471. The van der Waals surface area contributed by atoms with Crippen molar-refractivity contribution < 1.29 is 14.3 Å². The maximum absolute atomic E-state index is 10.0. The molecule has 0 amide bonds. The van der Waals surface area contributed by atoms with Crippen LogP contribution in [0.4, 0.5) is 0 Å². The SMILES string of the molecule is OB(Oc1ccc(Cl)cc1)Oc1ccccc1-c1ccccc1. The Labute approximate surface area is 140 Å². The van der Waals surface area contributed by atoms with Gasteiger partial charge in [-0.3, -0.25) is 0 Å². The van der Waals surface area contributed by atoms with Gasteiger partial charge < -0.3 is 14.3 Å². The van der Waals surface area contributed by atoms with Crippen LogP contribution >= 0.6 is 11.6 Å². The Bertz CT molecular complexity index is 763. The second kappa shape index (κ2) is 7.22. The van der Waals surface area contributed by atoms with Crippen molar-refractivity contribution in [2.75, 3.05) is 0 Å². The molecule has 23 heavy (non-hydrogen) atoms. The maximum Gasteiger partial charge on any atom is 0.785 e. The molecule has 5 heteroatoms. The summed E-state index contributed by atoms with van der Waals surface area (Å²) >= 11 is 5.82. The van der Waals surface area contributed by atoms with Crippen LogP contribution in [0, 0.1) is 0 Å². The summed E-state index contributed by atoms with van der Waals surface area (Å²) in [6, 6.07) is 24.0. The van der Waals surface area contributed by atoms with Gasteiger partial charge in [0.1, 0.15) is 11.5 Å². The molecule has 0 bridgehead atoms. The van der Waals surface area contributed by atoms with Gasteiger partial charge in [0.05, 0.1) is 0 Å². The molecule has 3 nitrogen and oxygen atoms in total. The van der Waals surface area contributed by atoms with Gasteiger partial charge in [-0.2, -0.15) is 0 Å². The molecule has 0 saturated carbocycles. The van der Waals surface area contributed by atoms with Crippen LogP contribution in [-0.2, 0) is 0 Å². The van der Waals surface area contributed by atoms with Crippen LogP contribution in [0.2, 0.25) is 5.02 Å². The molecule has 0 fully saturated rings. The van der Waals surface area contributed by atoms with E-state index in [9.17, 15) is 5.02 Å². The molecule has 3 aromatic carbocycles. The number of hydrogen-bond acceptors (Lipinski definition) is 3. The fraction of sp³-hybridized carbons (Fsp3) is 0. The molecule has 0 saturated heterocycles. The Morgan fingerprint density at radius 3 is 2.13 bits per heavy atom. The molecular formula is C18H14BClO3. The summed E-state index contributed by atoms with van der Waals surface area (Å²) in [4.78, 5) is 0. The molecule has 0 aliphatic heterocycles. The van der Waals surface area contributed by atoms with E-state index in [0.29, 0.717) is 16.5 Å². The lowest BCUT2D eigenvalue weighted by Crippen LogP contribution is -2.29. The van der Waals surface area contributed by atoms with Crippen molar-refractivity contribution in [1.29, 1.82) is 0 Å². The third kappa shape index (κ3) is 4.06. The molecule has 0 aliphatic carbocycles. The molecule has 0 unspecified atom stereocenters. The summed E-state index contributed by atoms with van der Waals surface area (Å²) in [5.41, 5.74) is 1.88. The first-order chi connectivity index (χ1) is 11.2. The highest BCUT2D eigenvalue weighted by molar-refractivity contribution is 6.37. The molecule has 0 radical (unpaired) electrons. The highest BCUT2D eigenvalue weighted by atomic mass is 35.5. The largest absolute Gasteiger partial charge is 0.785 e. The van der Waals surface area contributed by atoms with E-state index >= 15 is 0 Å². The molecule has 0 spiro atoms. The standard InChI is InChI=1S/C18H14BClO3/c20-15-10-12-16(13-11-15)22-19(21)23-18-9-5-4-8-17(18)14-6-2-1-3-7-14/h1-13,21H. The quantitative estimate of drug-likeness (QED) is 0.705. The van der Waals surface area contributed by atoms with E-state index in [2.05, 4.69) is 0 Å². The Morgan fingerprint density at radius 1 is 0.739 bits per heavy atom. The second-order valence-electron chi connectivity index (χ2n) is 4.86. The van der Waals surface area contributed by atoms with Crippen LogP contribution in [0.25, 0.3) is 11.1 Å². The zero-order valence-corrected chi connectivity index (χ0v) is 13.0. The summed E-state index contributed by atoms with van der Waals surface area (Å²) in [6.07, 6.45) is 0. The zero-order chi connectivity index (χ0) is 16.1. The van der Waals surface area contributed by atoms with E-state index in [1.807, 2.05) is 48.5 Å². The van der Waals surface area contributed by atoms with E-state index in [0.717, 1.165) is 11.1 Å². The lowest BCUT2D eigenvalue weighted by molar-refractivity contribution is 0.298. The second-order valence-corrected chi connectivity index (χ2v) is 5.30. The van der Waals surface area contributed by atoms with Crippen molar-refractivity contribution in [3.8, 4) is 22.6 Å². The van der Waals surface area contributed by atoms with E-state index in [1.54, 1.807) is 30.3 Å². The molecular weight excluding hydrogens is 310 g/mol. The van der Waals surface area contributed by atoms with E-state index < -0.39 is 7.32 Å². The van der Waals surface area contributed by atoms with Crippen molar-refractivity contribution in [3.05, 3.63) is 83.9 Å². The van der Waals surface area contributed by atoms with Crippen molar-refractivity contribution in [2.24, 2.45) is 0 Å². The third-order valence-electron chi connectivity index (χ3n) is 3.25. The fourth-order valence-corrected chi connectivity index (χ4v) is 2.31. The van der Waals surface area contributed by atoms with Crippen molar-refractivity contribution in [2.45, 2.75) is 0 Å². The highest BCUT2D eigenvalue weighted by Gasteiger charge is 2.22. The summed E-state index contributed by atoms with van der Waals surface area (Å²) in [5.74, 6) is 1.01. The first kappa shape index (κ1) is 15.5. The lowest BCUT2D eigenvalue weighted by atomic mass is 10.0. The number of hydrogen-bond donors (Lipinski definition) is 1. The molecule has 0 aliphatic rings. The number of para-hydroxylation sites is 1. The molecule has 3 rings (SSSR count). The number of rotatable bonds is 5. The van der Waals surface area contributed by atoms with Crippen LogP contribution in [0.3, 0.4) is 0 Å². The van der Waals surface area contributed by atoms with Crippen molar-refractivity contribution in [1.82, 2.24) is 0 Å². The van der Waals surface area contributed by atoms with Gasteiger partial charge in [0.25, 0.3) is 0 Å². The Hall–Kier alpha value is -2.43. The molecule has 0 atom stereocenters. The van der Waals surface area contributed by atoms with Crippen LogP contribution in [0.1, 0.15) is 0 Å². The average molecular weight is 325 g/mol. The van der Waals surface area contributed by atoms with Crippen molar-refractivity contribution in [3.63, 3.8) is 0 Å². The molecule has 1 N–H and O–H groups in total. The van der Waals surface area contributed by atoms with Crippen LogP contribution in [-0.4, -0.2) is 12.3 Å². The van der Waals surface area contributed by atoms with Gasteiger partial charge in [0.2, 0.25) is 0 Å². The molecule has 0 aromatic heterocycles.